The number of carbonyl (C=O) groups is 1. The Balaban J connectivity index is 1.28. The lowest BCUT2D eigenvalue weighted by atomic mass is 9.94. The number of ether oxygens (including phenoxy) is 1. The van der Waals surface area contributed by atoms with Crippen molar-refractivity contribution >= 4 is 5.91 Å². The molecule has 2 aromatic rings. The van der Waals surface area contributed by atoms with Crippen molar-refractivity contribution in [3.8, 4) is 17.0 Å². The van der Waals surface area contributed by atoms with Gasteiger partial charge in [-0.05, 0) is 81.8 Å². The summed E-state index contributed by atoms with van der Waals surface area (Å²) in [5.74, 6) is 0.0826. The third-order valence-electron chi connectivity index (χ3n) is 7.88. The zero-order valence-corrected chi connectivity index (χ0v) is 22.0. The number of aromatic nitrogens is 1. The number of alkyl halides is 1. The Bertz CT molecular complexity index is 1040. The number of likely N-dealkylation sites (tertiary alicyclic amines) is 2. The Labute approximate surface area is 218 Å². The Morgan fingerprint density at radius 2 is 1.89 bits per heavy atom. The van der Waals surface area contributed by atoms with Crippen molar-refractivity contribution in [2.24, 2.45) is 5.92 Å². The van der Waals surface area contributed by atoms with Gasteiger partial charge in [-0.25, -0.2) is 8.78 Å². The molecule has 1 amide bonds. The van der Waals surface area contributed by atoms with Crippen molar-refractivity contribution in [1.82, 2.24) is 14.8 Å². The smallest absolute Gasteiger partial charge is 0.256 e. The number of hydrogen-bond donors (Lipinski definition) is 1. The lowest BCUT2D eigenvalue weighted by Gasteiger charge is -2.36. The van der Waals surface area contributed by atoms with Gasteiger partial charge in [0, 0.05) is 25.2 Å². The number of aliphatic hydroxyl groups is 1. The van der Waals surface area contributed by atoms with Crippen molar-refractivity contribution < 1.29 is 23.4 Å². The molecular formula is C29H39F2N3O3. The largest absolute Gasteiger partial charge is 0.492 e. The molecule has 0 saturated carbocycles. The summed E-state index contributed by atoms with van der Waals surface area (Å²) >= 11 is 0. The van der Waals surface area contributed by atoms with E-state index in [-0.39, 0.29) is 12.1 Å². The van der Waals surface area contributed by atoms with Gasteiger partial charge in [0.2, 0.25) is 0 Å². The van der Waals surface area contributed by atoms with Gasteiger partial charge in [0.15, 0.2) is 0 Å². The fraction of sp³-hybridized carbons (Fsp3) is 0.586. The van der Waals surface area contributed by atoms with E-state index in [2.05, 4.69) is 9.88 Å². The summed E-state index contributed by atoms with van der Waals surface area (Å²) in [5, 5.41) is 9.82. The van der Waals surface area contributed by atoms with Crippen LogP contribution in [-0.2, 0) is 0 Å². The molecular weight excluding hydrogens is 476 g/mol. The average Bonchev–Trinajstić information content (AvgIpc) is 2.92. The molecule has 1 aromatic carbocycles. The van der Waals surface area contributed by atoms with Crippen molar-refractivity contribution in [3.63, 3.8) is 0 Å². The number of piperidine rings is 2. The van der Waals surface area contributed by atoms with Crippen LogP contribution in [0.5, 0.6) is 5.75 Å². The summed E-state index contributed by atoms with van der Waals surface area (Å²) in [7, 11) is 0. The standard InChI is InChI=1S/C29H39F2N3O3/c1-3-29(31,4-2)20-33-14-11-21(12-15-33)19-37-24-8-10-27(32-17-24)22-7-9-25(26(30)16-22)28(36)34-13-5-6-23(35)18-34/h7-10,16-17,21,23,35H,3-6,11-15,18-20H2,1-2H3. The predicted molar refractivity (Wildman–Crippen MR) is 140 cm³/mol. The van der Waals surface area contributed by atoms with E-state index < -0.39 is 23.5 Å². The van der Waals surface area contributed by atoms with Crippen LogP contribution < -0.4 is 4.74 Å². The van der Waals surface area contributed by atoms with E-state index in [1.165, 1.54) is 17.0 Å². The maximum atomic E-state index is 14.8. The molecule has 6 nitrogen and oxygen atoms in total. The van der Waals surface area contributed by atoms with Crippen LogP contribution >= 0.6 is 0 Å². The van der Waals surface area contributed by atoms with Crippen LogP contribution in [0, 0.1) is 11.7 Å². The summed E-state index contributed by atoms with van der Waals surface area (Å²) in [4.78, 5) is 20.9. The minimum Gasteiger partial charge on any atom is -0.492 e. The van der Waals surface area contributed by atoms with Crippen LogP contribution in [0.2, 0.25) is 0 Å². The maximum absolute atomic E-state index is 14.8. The molecule has 3 heterocycles. The number of aliphatic hydroxyl groups excluding tert-OH is 1. The van der Waals surface area contributed by atoms with Crippen LogP contribution in [0.1, 0.15) is 62.7 Å². The molecule has 0 spiro atoms. The second-order valence-corrected chi connectivity index (χ2v) is 10.5. The molecule has 0 aliphatic carbocycles. The van der Waals surface area contributed by atoms with Gasteiger partial charge in [-0.1, -0.05) is 19.9 Å². The van der Waals surface area contributed by atoms with Gasteiger partial charge in [0.1, 0.15) is 17.2 Å². The topological polar surface area (TPSA) is 65.9 Å². The summed E-state index contributed by atoms with van der Waals surface area (Å²) in [6, 6.07) is 8.11. The molecule has 8 heteroatoms. The number of β-amino-alcohol motifs (C(OH)–C–C–N with tert-alkyl or cyclic N) is 1. The monoisotopic (exact) mass is 515 g/mol. The highest BCUT2D eigenvalue weighted by Gasteiger charge is 2.30. The third-order valence-corrected chi connectivity index (χ3v) is 7.88. The van der Waals surface area contributed by atoms with Gasteiger partial charge in [0.25, 0.3) is 5.91 Å². The highest BCUT2D eigenvalue weighted by Crippen LogP contribution is 2.27. The molecule has 202 valence electrons. The van der Waals surface area contributed by atoms with E-state index in [0.717, 1.165) is 25.9 Å². The molecule has 4 rings (SSSR count). The zero-order valence-electron chi connectivity index (χ0n) is 22.0. The van der Waals surface area contributed by atoms with Crippen molar-refractivity contribution in [2.75, 3.05) is 39.3 Å². The van der Waals surface area contributed by atoms with E-state index >= 15 is 0 Å². The molecule has 1 aromatic heterocycles. The summed E-state index contributed by atoms with van der Waals surface area (Å²) in [6.45, 7) is 7.47. The first-order valence-corrected chi connectivity index (χ1v) is 13.6. The van der Waals surface area contributed by atoms with Gasteiger partial charge >= 0.3 is 0 Å². The van der Waals surface area contributed by atoms with Gasteiger partial charge < -0.3 is 19.6 Å². The van der Waals surface area contributed by atoms with Crippen LogP contribution in [0.25, 0.3) is 11.3 Å². The Kier molecular flexibility index (Phi) is 9.13. The van der Waals surface area contributed by atoms with Gasteiger partial charge in [0.05, 0.1) is 30.2 Å². The Hall–Kier alpha value is -2.58. The summed E-state index contributed by atoms with van der Waals surface area (Å²) in [6.07, 6.45) is 5.52. The summed E-state index contributed by atoms with van der Waals surface area (Å²) in [5.41, 5.74) is 0.0838. The van der Waals surface area contributed by atoms with Crippen LogP contribution in [0.15, 0.2) is 36.5 Å². The number of pyridine rings is 1. The van der Waals surface area contributed by atoms with Crippen molar-refractivity contribution in [2.45, 2.75) is 64.1 Å². The van der Waals surface area contributed by atoms with Gasteiger partial charge in [-0.3, -0.25) is 9.78 Å². The van der Waals surface area contributed by atoms with E-state index in [1.807, 2.05) is 19.9 Å². The minimum atomic E-state index is -1.09. The number of halogens is 2. The van der Waals surface area contributed by atoms with E-state index in [1.54, 1.807) is 18.3 Å². The number of amides is 1. The molecule has 0 bridgehead atoms. The number of carbonyl (C=O) groups excluding carboxylic acids is 1. The molecule has 2 aliphatic rings. The Morgan fingerprint density at radius 1 is 1.14 bits per heavy atom. The van der Waals surface area contributed by atoms with Gasteiger partial charge in [-0.2, -0.15) is 0 Å². The maximum Gasteiger partial charge on any atom is 0.256 e. The Morgan fingerprint density at radius 3 is 2.51 bits per heavy atom. The number of nitrogens with zero attached hydrogens (tertiary/aromatic N) is 3. The van der Waals surface area contributed by atoms with Crippen LogP contribution in [-0.4, -0.2) is 76.9 Å². The molecule has 2 saturated heterocycles. The number of rotatable bonds is 9. The van der Waals surface area contributed by atoms with Crippen molar-refractivity contribution in [1.29, 1.82) is 0 Å². The molecule has 1 N–H and O–H groups in total. The quantitative estimate of drug-likeness (QED) is 0.503. The molecule has 1 atom stereocenters. The fourth-order valence-corrected chi connectivity index (χ4v) is 5.19. The van der Waals surface area contributed by atoms with Gasteiger partial charge in [-0.15, -0.1) is 0 Å². The normalized spacial score (nSPS) is 19.7. The highest BCUT2D eigenvalue weighted by atomic mass is 19.1. The highest BCUT2D eigenvalue weighted by molar-refractivity contribution is 5.95. The first-order valence-electron chi connectivity index (χ1n) is 13.6. The lowest BCUT2D eigenvalue weighted by molar-refractivity contribution is 0.0470. The second kappa shape index (κ2) is 12.3. The van der Waals surface area contributed by atoms with Crippen LogP contribution in [0.3, 0.4) is 0 Å². The van der Waals surface area contributed by atoms with Crippen molar-refractivity contribution in [3.05, 3.63) is 47.9 Å². The average molecular weight is 516 g/mol. The number of benzene rings is 1. The first kappa shape index (κ1) is 27.5. The molecule has 37 heavy (non-hydrogen) atoms. The van der Waals surface area contributed by atoms with E-state index in [9.17, 15) is 18.7 Å². The first-order chi connectivity index (χ1) is 17.8. The number of hydrogen-bond acceptors (Lipinski definition) is 5. The fourth-order valence-electron chi connectivity index (χ4n) is 5.19. The van der Waals surface area contributed by atoms with Crippen LogP contribution in [0.4, 0.5) is 8.78 Å². The zero-order chi connectivity index (χ0) is 26.4. The van der Waals surface area contributed by atoms with E-state index in [0.29, 0.717) is 68.3 Å². The third kappa shape index (κ3) is 7.05. The molecule has 2 aliphatic heterocycles. The molecule has 2 fully saturated rings. The second-order valence-electron chi connectivity index (χ2n) is 10.5. The predicted octanol–water partition coefficient (Wildman–Crippen LogP) is 5.10. The molecule has 0 radical (unpaired) electrons. The minimum absolute atomic E-state index is 0.00504. The summed E-state index contributed by atoms with van der Waals surface area (Å²) < 4.78 is 35.5. The molecule has 1 unspecified atom stereocenters. The van der Waals surface area contributed by atoms with E-state index in [4.69, 9.17) is 4.74 Å². The lowest BCUT2D eigenvalue weighted by Crippen LogP contribution is -2.44. The SMILES string of the molecule is CCC(F)(CC)CN1CCC(COc2ccc(-c3ccc(C(=O)N4CCCC(O)C4)c(F)c3)nc2)CC1.